The van der Waals surface area contributed by atoms with Crippen LogP contribution < -0.4 is 0 Å². The summed E-state index contributed by atoms with van der Waals surface area (Å²) in [7, 11) is 1.69. The molecule has 0 N–H and O–H groups in total. The van der Waals surface area contributed by atoms with Crippen molar-refractivity contribution in [3.05, 3.63) is 0 Å². The fourth-order valence-electron chi connectivity index (χ4n) is 2.14. The minimum atomic E-state index is -0.613. The lowest BCUT2D eigenvalue weighted by Crippen LogP contribution is -2.51. The topological polar surface area (TPSA) is 44.1 Å². The fourth-order valence-corrected chi connectivity index (χ4v) is 2.28. The summed E-state index contributed by atoms with van der Waals surface area (Å²) in [5.74, 6) is -0.153. The van der Waals surface area contributed by atoms with Crippen molar-refractivity contribution < 1.29 is 4.79 Å². The third-order valence-corrected chi connectivity index (χ3v) is 3.39. The number of carbonyl (C=O) groups is 1. The zero-order valence-corrected chi connectivity index (χ0v) is 10.0. The molecule has 0 aromatic heterocycles. The standard InChI is InChI=1S/C11H17ClN2O/c1-9(12)10(15)14(2)11(8-13)6-4-3-5-7-11/h9H,3-7H2,1-2H3/t9-/m0/s1. The molecule has 1 fully saturated rings. The maximum Gasteiger partial charge on any atom is 0.241 e. The molecule has 0 aromatic rings. The molecular weight excluding hydrogens is 212 g/mol. The molecule has 15 heavy (non-hydrogen) atoms. The average Bonchev–Trinajstić information content (AvgIpc) is 2.27. The van der Waals surface area contributed by atoms with Gasteiger partial charge in [0.25, 0.3) is 0 Å². The zero-order chi connectivity index (χ0) is 11.5. The first-order chi connectivity index (χ1) is 7.03. The van der Waals surface area contributed by atoms with Crippen LogP contribution in [0.25, 0.3) is 0 Å². The van der Waals surface area contributed by atoms with E-state index in [2.05, 4.69) is 6.07 Å². The summed E-state index contributed by atoms with van der Waals surface area (Å²) >= 11 is 5.76. The van der Waals surface area contributed by atoms with E-state index in [0.29, 0.717) is 0 Å². The summed E-state index contributed by atoms with van der Waals surface area (Å²) < 4.78 is 0. The van der Waals surface area contributed by atoms with Crippen LogP contribution in [0.5, 0.6) is 0 Å². The van der Waals surface area contributed by atoms with Crippen LogP contribution in [0.15, 0.2) is 0 Å². The molecule has 0 unspecified atom stereocenters. The van der Waals surface area contributed by atoms with Crippen molar-refractivity contribution in [2.75, 3.05) is 7.05 Å². The Balaban J connectivity index is 2.82. The van der Waals surface area contributed by atoms with Crippen LogP contribution in [-0.4, -0.2) is 28.8 Å². The number of halogens is 1. The van der Waals surface area contributed by atoms with Crippen molar-refractivity contribution in [1.82, 2.24) is 4.90 Å². The molecule has 0 saturated heterocycles. The molecule has 1 saturated carbocycles. The zero-order valence-electron chi connectivity index (χ0n) is 9.29. The van der Waals surface area contributed by atoms with E-state index in [0.717, 1.165) is 32.1 Å². The molecule has 0 heterocycles. The summed E-state index contributed by atoms with van der Waals surface area (Å²) in [4.78, 5) is 13.3. The summed E-state index contributed by atoms with van der Waals surface area (Å²) in [6.07, 6.45) is 4.73. The second-order valence-electron chi connectivity index (χ2n) is 4.22. The summed E-state index contributed by atoms with van der Waals surface area (Å²) in [5, 5.41) is 8.70. The number of rotatable bonds is 2. The van der Waals surface area contributed by atoms with E-state index in [1.807, 2.05) is 0 Å². The quantitative estimate of drug-likeness (QED) is 0.681. The first kappa shape index (κ1) is 12.3. The van der Waals surface area contributed by atoms with Crippen LogP contribution >= 0.6 is 11.6 Å². The third kappa shape index (κ3) is 2.43. The van der Waals surface area contributed by atoms with Crippen molar-refractivity contribution in [1.29, 1.82) is 5.26 Å². The lowest BCUT2D eigenvalue weighted by molar-refractivity contribution is -0.134. The Morgan fingerprint density at radius 1 is 1.47 bits per heavy atom. The Labute approximate surface area is 96.0 Å². The van der Waals surface area contributed by atoms with Crippen LogP contribution in [0, 0.1) is 11.3 Å². The van der Waals surface area contributed by atoms with Crippen LogP contribution in [-0.2, 0) is 4.79 Å². The monoisotopic (exact) mass is 228 g/mol. The van der Waals surface area contributed by atoms with Gasteiger partial charge in [0.2, 0.25) is 5.91 Å². The molecule has 1 amide bonds. The maximum atomic E-state index is 11.7. The van der Waals surface area contributed by atoms with Gasteiger partial charge in [-0.05, 0) is 19.8 Å². The normalized spacial score (nSPS) is 21.5. The van der Waals surface area contributed by atoms with E-state index < -0.39 is 10.9 Å². The molecule has 0 bridgehead atoms. The SMILES string of the molecule is C[C@H](Cl)C(=O)N(C)C1(C#N)CCCCC1. The Morgan fingerprint density at radius 2 is 2.00 bits per heavy atom. The molecule has 0 aromatic carbocycles. The minimum Gasteiger partial charge on any atom is -0.326 e. The van der Waals surface area contributed by atoms with Crippen molar-refractivity contribution in [3.8, 4) is 6.07 Å². The number of hydrogen-bond donors (Lipinski definition) is 0. The molecule has 4 heteroatoms. The van der Waals surface area contributed by atoms with E-state index in [1.165, 1.54) is 0 Å². The molecular formula is C11H17ClN2O. The van der Waals surface area contributed by atoms with Crippen LogP contribution in [0.4, 0.5) is 0 Å². The highest BCUT2D eigenvalue weighted by Gasteiger charge is 2.39. The van der Waals surface area contributed by atoms with Crippen molar-refractivity contribution >= 4 is 17.5 Å². The number of hydrogen-bond acceptors (Lipinski definition) is 2. The van der Waals surface area contributed by atoms with E-state index in [-0.39, 0.29) is 5.91 Å². The predicted molar refractivity (Wildman–Crippen MR) is 59.5 cm³/mol. The number of amides is 1. The van der Waals surface area contributed by atoms with Gasteiger partial charge in [-0.2, -0.15) is 5.26 Å². The minimum absolute atomic E-state index is 0.153. The number of carbonyl (C=O) groups excluding carboxylic acids is 1. The average molecular weight is 229 g/mol. The van der Waals surface area contributed by atoms with Gasteiger partial charge in [-0.25, -0.2) is 0 Å². The van der Waals surface area contributed by atoms with Crippen LogP contribution in [0.2, 0.25) is 0 Å². The van der Waals surface area contributed by atoms with Crippen molar-refractivity contribution in [3.63, 3.8) is 0 Å². The van der Waals surface area contributed by atoms with Gasteiger partial charge in [-0.15, -0.1) is 11.6 Å². The van der Waals surface area contributed by atoms with E-state index in [4.69, 9.17) is 11.6 Å². The second-order valence-corrected chi connectivity index (χ2v) is 4.87. The lowest BCUT2D eigenvalue weighted by atomic mass is 9.81. The van der Waals surface area contributed by atoms with Gasteiger partial charge in [-0.1, -0.05) is 19.3 Å². The van der Waals surface area contributed by atoms with E-state index in [9.17, 15) is 10.1 Å². The van der Waals surface area contributed by atoms with Gasteiger partial charge in [0.05, 0.1) is 6.07 Å². The molecule has 84 valence electrons. The molecule has 1 atom stereocenters. The van der Waals surface area contributed by atoms with Crippen LogP contribution in [0.3, 0.4) is 0 Å². The Kier molecular flexibility index (Phi) is 3.98. The predicted octanol–water partition coefficient (Wildman–Crippen LogP) is 2.30. The number of nitrogens with zero attached hydrogens (tertiary/aromatic N) is 2. The summed E-state index contributed by atoms with van der Waals surface area (Å²) in [5.41, 5.74) is -0.613. The van der Waals surface area contributed by atoms with Crippen molar-refractivity contribution in [2.45, 2.75) is 49.9 Å². The molecule has 3 nitrogen and oxygen atoms in total. The third-order valence-electron chi connectivity index (χ3n) is 3.20. The highest BCUT2D eigenvalue weighted by molar-refractivity contribution is 6.30. The maximum absolute atomic E-state index is 11.7. The fraction of sp³-hybridized carbons (Fsp3) is 0.818. The van der Waals surface area contributed by atoms with Gasteiger partial charge in [-0.3, -0.25) is 4.79 Å². The molecule has 0 radical (unpaired) electrons. The summed E-state index contributed by atoms with van der Waals surface area (Å²) in [6, 6.07) is 2.30. The molecule has 0 spiro atoms. The number of alkyl halides is 1. The van der Waals surface area contributed by atoms with Gasteiger partial charge < -0.3 is 4.90 Å². The van der Waals surface area contributed by atoms with E-state index in [1.54, 1.807) is 18.9 Å². The Morgan fingerprint density at radius 3 is 2.40 bits per heavy atom. The molecule has 1 aliphatic rings. The second kappa shape index (κ2) is 4.85. The van der Waals surface area contributed by atoms with Gasteiger partial charge >= 0.3 is 0 Å². The summed E-state index contributed by atoms with van der Waals surface area (Å²) in [6.45, 7) is 1.65. The molecule has 1 rings (SSSR count). The lowest BCUT2D eigenvalue weighted by Gasteiger charge is -2.39. The van der Waals surface area contributed by atoms with Gasteiger partial charge in [0.15, 0.2) is 0 Å². The number of nitriles is 1. The first-order valence-corrected chi connectivity index (χ1v) is 5.80. The largest absolute Gasteiger partial charge is 0.326 e. The Hall–Kier alpha value is -0.750. The highest BCUT2D eigenvalue weighted by atomic mass is 35.5. The highest BCUT2D eigenvalue weighted by Crippen LogP contribution is 2.32. The van der Waals surface area contributed by atoms with Crippen LogP contribution in [0.1, 0.15) is 39.0 Å². The van der Waals surface area contributed by atoms with Crippen molar-refractivity contribution in [2.24, 2.45) is 0 Å². The smallest absolute Gasteiger partial charge is 0.241 e. The Bertz CT molecular complexity index is 277. The molecule has 1 aliphatic carbocycles. The first-order valence-electron chi connectivity index (χ1n) is 5.36. The van der Waals surface area contributed by atoms with Gasteiger partial charge in [0.1, 0.15) is 10.9 Å². The van der Waals surface area contributed by atoms with E-state index >= 15 is 0 Å². The molecule has 0 aliphatic heterocycles. The van der Waals surface area contributed by atoms with Gasteiger partial charge in [0, 0.05) is 7.05 Å².